The lowest BCUT2D eigenvalue weighted by Crippen LogP contribution is -2.22. The summed E-state index contributed by atoms with van der Waals surface area (Å²) in [5, 5.41) is 14.1. The van der Waals surface area contributed by atoms with Crippen LogP contribution in [0.15, 0.2) is 35.7 Å². The van der Waals surface area contributed by atoms with Crippen molar-refractivity contribution >= 4 is 17.2 Å². The minimum Gasteiger partial charge on any atom is -0.508 e. The van der Waals surface area contributed by atoms with Crippen molar-refractivity contribution in [3.05, 3.63) is 51.7 Å². The molecule has 0 aliphatic heterocycles. The van der Waals surface area contributed by atoms with Crippen molar-refractivity contribution in [2.45, 2.75) is 13.5 Å². The Labute approximate surface area is 104 Å². The first-order valence-corrected chi connectivity index (χ1v) is 6.15. The first-order valence-electron chi connectivity index (χ1n) is 5.27. The lowest BCUT2D eigenvalue weighted by Gasteiger charge is -2.05. The molecule has 0 saturated carbocycles. The summed E-state index contributed by atoms with van der Waals surface area (Å²) in [6.07, 6.45) is 0. The van der Waals surface area contributed by atoms with Gasteiger partial charge in [0.1, 0.15) is 5.75 Å². The number of thiophene rings is 1. The van der Waals surface area contributed by atoms with Crippen LogP contribution >= 0.6 is 11.3 Å². The summed E-state index contributed by atoms with van der Waals surface area (Å²) < 4.78 is 0. The Morgan fingerprint density at radius 2 is 2.24 bits per heavy atom. The first kappa shape index (κ1) is 11.7. The van der Waals surface area contributed by atoms with Crippen LogP contribution in [0.5, 0.6) is 5.75 Å². The molecule has 1 amide bonds. The van der Waals surface area contributed by atoms with Crippen LogP contribution in [0.3, 0.4) is 0 Å². The van der Waals surface area contributed by atoms with E-state index < -0.39 is 0 Å². The van der Waals surface area contributed by atoms with E-state index in [-0.39, 0.29) is 11.7 Å². The number of aromatic hydroxyl groups is 1. The fourth-order valence-electron chi connectivity index (χ4n) is 1.49. The van der Waals surface area contributed by atoms with Gasteiger partial charge in [-0.1, -0.05) is 6.07 Å². The highest BCUT2D eigenvalue weighted by Gasteiger charge is 2.07. The molecule has 1 aromatic carbocycles. The van der Waals surface area contributed by atoms with Gasteiger partial charge in [-0.3, -0.25) is 4.79 Å². The average Bonchev–Trinajstić information content (AvgIpc) is 2.72. The van der Waals surface area contributed by atoms with Crippen molar-refractivity contribution in [2.24, 2.45) is 0 Å². The number of carbonyl (C=O) groups excluding carboxylic acids is 1. The zero-order valence-corrected chi connectivity index (χ0v) is 10.3. The van der Waals surface area contributed by atoms with Crippen LogP contribution in [0.25, 0.3) is 0 Å². The van der Waals surface area contributed by atoms with Gasteiger partial charge in [0.15, 0.2) is 0 Å². The molecule has 0 spiro atoms. The molecule has 0 aliphatic carbocycles. The van der Waals surface area contributed by atoms with Gasteiger partial charge in [-0.25, -0.2) is 0 Å². The topological polar surface area (TPSA) is 49.3 Å². The maximum Gasteiger partial charge on any atom is 0.251 e. The summed E-state index contributed by atoms with van der Waals surface area (Å²) in [5.41, 5.74) is 1.66. The van der Waals surface area contributed by atoms with Crippen molar-refractivity contribution < 1.29 is 9.90 Å². The van der Waals surface area contributed by atoms with Crippen LogP contribution in [0.4, 0.5) is 0 Å². The summed E-state index contributed by atoms with van der Waals surface area (Å²) in [5.74, 6) is -0.0707. The second kappa shape index (κ2) is 5.01. The van der Waals surface area contributed by atoms with Crippen LogP contribution in [-0.2, 0) is 6.54 Å². The third kappa shape index (κ3) is 2.85. The average molecular weight is 247 g/mol. The highest BCUT2D eigenvalue weighted by molar-refractivity contribution is 7.10. The van der Waals surface area contributed by atoms with Crippen LogP contribution in [0, 0.1) is 6.92 Å². The van der Waals surface area contributed by atoms with Crippen LogP contribution in [0.1, 0.15) is 20.8 Å². The minimum absolute atomic E-state index is 0.102. The summed E-state index contributed by atoms with van der Waals surface area (Å²) >= 11 is 1.63. The van der Waals surface area contributed by atoms with Crippen molar-refractivity contribution in [3.8, 4) is 5.75 Å². The molecule has 3 nitrogen and oxygen atoms in total. The fraction of sp³-hybridized carbons (Fsp3) is 0.154. The van der Waals surface area contributed by atoms with Crippen molar-refractivity contribution in [1.29, 1.82) is 0 Å². The molecule has 2 rings (SSSR count). The number of phenolic OH excluding ortho intramolecular Hbond substituents is 1. The van der Waals surface area contributed by atoms with E-state index in [2.05, 4.69) is 5.32 Å². The van der Waals surface area contributed by atoms with Gasteiger partial charge in [0.05, 0.1) is 6.54 Å². The molecule has 1 heterocycles. The van der Waals surface area contributed by atoms with E-state index in [1.165, 1.54) is 11.6 Å². The smallest absolute Gasteiger partial charge is 0.251 e. The number of hydrogen-bond donors (Lipinski definition) is 2. The number of amides is 1. The summed E-state index contributed by atoms with van der Waals surface area (Å²) in [7, 11) is 0. The van der Waals surface area contributed by atoms with Crippen LogP contribution in [-0.4, -0.2) is 11.0 Å². The predicted molar refractivity (Wildman–Crippen MR) is 68.3 cm³/mol. The quantitative estimate of drug-likeness (QED) is 0.876. The second-order valence-corrected chi connectivity index (χ2v) is 4.76. The first-order chi connectivity index (χ1) is 8.16. The van der Waals surface area contributed by atoms with Crippen molar-refractivity contribution in [1.82, 2.24) is 5.32 Å². The van der Waals surface area contributed by atoms with Crippen LogP contribution < -0.4 is 5.32 Å². The van der Waals surface area contributed by atoms with E-state index in [1.807, 2.05) is 18.4 Å². The number of phenols is 1. The molecule has 2 N–H and O–H groups in total. The molecule has 0 atom stereocenters. The van der Waals surface area contributed by atoms with Gasteiger partial charge in [-0.05, 0) is 42.1 Å². The zero-order chi connectivity index (χ0) is 12.3. The molecule has 0 bridgehead atoms. The molecular weight excluding hydrogens is 234 g/mol. The zero-order valence-electron chi connectivity index (χ0n) is 9.43. The molecular formula is C13H13NO2S. The number of hydrogen-bond acceptors (Lipinski definition) is 3. The third-order valence-electron chi connectivity index (χ3n) is 2.49. The Hall–Kier alpha value is -1.81. The van der Waals surface area contributed by atoms with E-state index in [0.29, 0.717) is 12.1 Å². The molecule has 88 valence electrons. The van der Waals surface area contributed by atoms with E-state index in [1.54, 1.807) is 29.5 Å². The summed E-state index contributed by atoms with van der Waals surface area (Å²) in [4.78, 5) is 12.9. The van der Waals surface area contributed by atoms with E-state index in [9.17, 15) is 9.90 Å². The largest absolute Gasteiger partial charge is 0.508 e. The van der Waals surface area contributed by atoms with E-state index >= 15 is 0 Å². The van der Waals surface area contributed by atoms with Gasteiger partial charge in [0.2, 0.25) is 0 Å². The minimum atomic E-state index is -0.172. The maximum absolute atomic E-state index is 11.8. The number of nitrogens with one attached hydrogen (secondary N) is 1. The third-order valence-corrected chi connectivity index (χ3v) is 3.51. The lowest BCUT2D eigenvalue weighted by molar-refractivity contribution is 0.0951. The van der Waals surface area contributed by atoms with Gasteiger partial charge in [0.25, 0.3) is 5.91 Å². The Kier molecular flexibility index (Phi) is 3.44. The molecule has 0 saturated heterocycles. The molecule has 0 unspecified atom stereocenters. The number of carbonyl (C=O) groups is 1. The Morgan fingerprint density at radius 1 is 1.41 bits per heavy atom. The summed E-state index contributed by atoms with van der Waals surface area (Å²) in [6, 6.07) is 8.36. The number of aryl methyl sites for hydroxylation is 1. The van der Waals surface area contributed by atoms with E-state index in [4.69, 9.17) is 0 Å². The summed E-state index contributed by atoms with van der Waals surface area (Å²) in [6.45, 7) is 2.55. The molecule has 0 radical (unpaired) electrons. The normalized spacial score (nSPS) is 10.2. The monoisotopic (exact) mass is 247 g/mol. The molecule has 4 heteroatoms. The fourth-order valence-corrected chi connectivity index (χ4v) is 2.34. The van der Waals surface area contributed by atoms with Gasteiger partial charge >= 0.3 is 0 Å². The molecule has 2 aromatic rings. The van der Waals surface area contributed by atoms with Crippen LogP contribution in [0.2, 0.25) is 0 Å². The standard InChI is InChI=1S/C13H13NO2S/c1-9-5-6-17-12(9)8-14-13(16)10-3-2-4-11(15)7-10/h2-7,15H,8H2,1H3,(H,14,16). The van der Waals surface area contributed by atoms with Gasteiger partial charge < -0.3 is 10.4 Å². The second-order valence-electron chi connectivity index (χ2n) is 3.76. The van der Waals surface area contributed by atoms with Gasteiger partial charge in [0, 0.05) is 10.4 Å². The molecule has 0 aliphatic rings. The Balaban J connectivity index is 2.01. The van der Waals surface area contributed by atoms with Crippen molar-refractivity contribution in [2.75, 3.05) is 0 Å². The Morgan fingerprint density at radius 3 is 2.88 bits per heavy atom. The van der Waals surface area contributed by atoms with Crippen molar-refractivity contribution in [3.63, 3.8) is 0 Å². The highest BCUT2D eigenvalue weighted by Crippen LogP contribution is 2.15. The lowest BCUT2D eigenvalue weighted by atomic mass is 10.2. The number of benzene rings is 1. The molecule has 17 heavy (non-hydrogen) atoms. The number of rotatable bonds is 3. The molecule has 0 fully saturated rings. The predicted octanol–water partition coefficient (Wildman–Crippen LogP) is 2.69. The highest BCUT2D eigenvalue weighted by atomic mass is 32.1. The van der Waals surface area contributed by atoms with E-state index in [0.717, 1.165) is 4.88 Å². The maximum atomic E-state index is 11.8. The molecule has 1 aromatic heterocycles. The van der Waals surface area contributed by atoms with Gasteiger partial charge in [-0.2, -0.15) is 0 Å². The van der Waals surface area contributed by atoms with Gasteiger partial charge in [-0.15, -0.1) is 11.3 Å². The SMILES string of the molecule is Cc1ccsc1CNC(=O)c1cccc(O)c1. The Bertz CT molecular complexity index is 534.